The molecule has 0 fully saturated rings. The fourth-order valence-corrected chi connectivity index (χ4v) is 2.12. The van der Waals surface area contributed by atoms with Gasteiger partial charge in [0.1, 0.15) is 0 Å². The van der Waals surface area contributed by atoms with E-state index in [1.807, 2.05) is 0 Å². The fourth-order valence-electron chi connectivity index (χ4n) is 2.12. The Morgan fingerprint density at radius 3 is 2.00 bits per heavy atom. The molecule has 0 saturated carbocycles. The summed E-state index contributed by atoms with van der Waals surface area (Å²) < 4.78 is 37.6. The standard InChI is InChI=1S/C16H24F3N/c1-5-20-11-14(15(2,3)4)10-12-6-8-13(9-7-12)16(17,18)19/h6-9,14,20H,5,10-11H2,1-4H3. The van der Waals surface area contributed by atoms with Crippen molar-refractivity contribution in [2.24, 2.45) is 11.3 Å². The molecule has 1 unspecified atom stereocenters. The van der Waals surface area contributed by atoms with E-state index in [0.717, 1.165) is 25.1 Å². The molecule has 0 heterocycles. The second-order valence-corrected chi connectivity index (χ2v) is 6.27. The zero-order valence-corrected chi connectivity index (χ0v) is 12.6. The van der Waals surface area contributed by atoms with Crippen LogP contribution in [0.25, 0.3) is 0 Å². The summed E-state index contributed by atoms with van der Waals surface area (Å²) in [6, 6.07) is 5.52. The first-order valence-corrected chi connectivity index (χ1v) is 7.01. The van der Waals surface area contributed by atoms with E-state index in [9.17, 15) is 13.2 Å². The Labute approximate surface area is 119 Å². The molecule has 1 rings (SSSR count). The molecule has 4 heteroatoms. The predicted molar refractivity (Wildman–Crippen MR) is 76.6 cm³/mol. The van der Waals surface area contributed by atoms with Gasteiger partial charge in [0.15, 0.2) is 0 Å². The zero-order chi connectivity index (χ0) is 15.4. The molecule has 0 amide bonds. The lowest BCUT2D eigenvalue weighted by Crippen LogP contribution is -2.33. The first-order valence-electron chi connectivity index (χ1n) is 7.01. The lowest BCUT2D eigenvalue weighted by Gasteiger charge is -2.31. The summed E-state index contributed by atoms with van der Waals surface area (Å²) >= 11 is 0. The smallest absolute Gasteiger partial charge is 0.317 e. The summed E-state index contributed by atoms with van der Waals surface area (Å²) in [5, 5.41) is 3.33. The molecule has 20 heavy (non-hydrogen) atoms. The van der Waals surface area contributed by atoms with Gasteiger partial charge in [-0.3, -0.25) is 0 Å². The van der Waals surface area contributed by atoms with E-state index < -0.39 is 11.7 Å². The van der Waals surface area contributed by atoms with E-state index >= 15 is 0 Å². The minimum absolute atomic E-state index is 0.116. The van der Waals surface area contributed by atoms with Gasteiger partial charge in [0.2, 0.25) is 0 Å². The van der Waals surface area contributed by atoms with Crippen molar-refractivity contribution < 1.29 is 13.2 Å². The topological polar surface area (TPSA) is 12.0 Å². The largest absolute Gasteiger partial charge is 0.416 e. The van der Waals surface area contributed by atoms with Gasteiger partial charge in [0, 0.05) is 0 Å². The molecular formula is C16H24F3N. The molecular weight excluding hydrogens is 263 g/mol. The van der Waals surface area contributed by atoms with Gasteiger partial charge < -0.3 is 5.32 Å². The average molecular weight is 287 g/mol. The maximum absolute atomic E-state index is 12.5. The molecule has 1 aromatic carbocycles. The Balaban J connectivity index is 2.79. The van der Waals surface area contributed by atoms with Gasteiger partial charge in [-0.2, -0.15) is 13.2 Å². The van der Waals surface area contributed by atoms with Crippen LogP contribution in [0.2, 0.25) is 0 Å². The molecule has 0 saturated heterocycles. The van der Waals surface area contributed by atoms with Crippen molar-refractivity contribution >= 4 is 0 Å². The zero-order valence-electron chi connectivity index (χ0n) is 12.6. The van der Waals surface area contributed by atoms with Crippen LogP contribution in [-0.2, 0) is 12.6 Å². The molecule has 0 aliphatic carbocycles. The van der Waals surface area contributed by atoms with E-state index in [1.165, 1.54) is 12.1 Å². The summed E-state index contributed by atoms with van der Waals surface area (Å²) in [6.45, 7) is 10.3. The quantitative estimate of drug-likeness (QED) is 0.839. The van der Waals surface area contributed by atoms with Gasteiger partial charge in [0.25, 0.3) is 0 Å². The molecule has 114 valence electrons. The molecule has 0 spiro atoms. The minimum atomic E-state index is -4.26. The van der Waals surface area contributed by atoms with Crippen LogP contribution < -0.4 is 5.32 Å². The third-order valence-corrected chi connectivity index (χ3v) is 3.63. The third kappa shape index (κ3) is 5.16. The van der Waals surface area contributed by atoms with Crippen LogP contribution in [0.1, 0.15) is 38.8 Å². The fraction of sp³-hybridized carbons (Fsp3) is 0.625. The van der Waals surface area contributed by atoms with Crippen LogP contribution in [0.5, 0.6) is 0 Å². The van der Waals surface area contributed by atoms with Gasteiger partial charge in [-0.15, -0.1) is 0 Å². The second kappa shape index (κ2) is 6.61. The van der Waals surface area contributed by atoms with E-state index in [2.05, 4.69) is 33.0 Å². The molecule has 0 aromatic heterocycles. The second-order valence-electron chi connectivity index (χ2n) is 6.27. The number of rotatable bonds is 5. The monoisotopic (exact) mass is 287 g/mol. The Hall–Kier alpha value is -1.03. The number of halogens is 3. The maximum Gasteiger partial charge on any atom is 0.416 e. The molecule has 0 aliphatic rings. The van der Waals surface area contributed by atoms with Crippen molar-refractivity contribution in [3.05, 3.63) is 35.4 Å². The van der Waals surface area contributed by atoms with Gasteiger partial charge in [-0.25, -0.2) is 0 Å². The van der Waals surface area contributed by atoms with Crippen LogP contribution in [-0.4, -0.2) is 13.1 Å². The van der Waals surface area contributed by atoms with Crippen LogP contribution >= 0.6 is 0 Å². The molecule has 1 aromatic rings. The summed E-state index contributed by atoms with van der Waals surface area (Å²) in [5.41, 5.74) is 0.487. The number of nitrogens with one attached hydrogen (secondary N) is 1. The number of hydrogen-bond donors (Lipinski definition) is 1. The van der Waals surface area contributed by atoms with Crippen LogP contribution in [0.3, 0.4) is 0 Å². The van der Waals surface area contributed by atoms with Gasteiger partial charge >= 0.3 is 6.18 Å². The normalized spacial score (nSPS) is 14.3. The summed E-state index contributed by atoms with van der Waals surface area (Å²) in [6.07, 6.45) is -3.47. The Kier molecular flexibility index (Phi) is 5.63. The number of hydrogen-bond acceptors (Lipinski definition) is 1. The molecule has 0 radical (unpaired) electrons. The number of alkyl halides is 3. The SMILES string of the molecule is CCNCC(Cc1ccc(C(F)(F)F)cc1)C(C)(C)C. The molecule has 0 aliphatic heterocycles. The third-order valence-electron chi connectivity index (χ3n) is 3.63. The van der Waals surface area contributed by atoms with E-state index in [1.54, 1.807) is 12.1 Å². The lowest BCUT2D eigenvalue weighted by molar-refractivity contribution is -0.137. The summed E-state index contributed by atoms with van der Waals surface area (Å²) in [4.78, 5) is 0. The first-order chi connectivity index (χ1) is 9.14. The van der Waals surface area contributed by atoms with E-state index in [0.29, 0.717) is 5.92 Å². The first kappa shape index (κ1) is 17.0. The van der Waals surface area contributed by atoms with Crippen molar-refractivity contribution in [3.8, 4) is 0 Å². The molecule has 0 bridgehead atoms. The van der Waals surface area contributed by atoms with Crippen LogP contribution in [0.4, 0.5) is 13.2 Å². The van der Waals surface area contributed by atoms with Crippen LogP contribution in [0.15, 0.2) is 24.3 Å². The lowest BCUT2D eigenvalue weighted by atomic mass is 9.77. The summed E-state index contributed by atoms with van der Waals surface area (Å²) in [7, 11) is 0. The highest BCUT2D eigenvalue weighted by molar-refractivity contribution is 5.25. The summed E-state index contributed by atoms with van der Waals surface area (Å²) in [5.74, 6) is 0.388. The van der Waals surface area contributed by atoms with Crippen molar-refractivity contribution in [2.45, 2.75) is 40.3 Å². The molecule has 1 N–H and O–H groups in total. The average Bonchev–Trinajstić information content (AvgIpc) is 2.32. The Morgan fingerprint density at radius 1 is 1.05 bits per heavy atom. The van der Waals surface area contributed by atoms with Gasteiger partial charge in [-0.05, 0) is 48.5 Å². The highest BCUT2D eigenvalue weighted by Crippen LogP contribution is 2.31. The minimum Gasteiger partial charge on any atom is -0.317 e. The van der Waals surface area contributed by atoms with Crippen molar-refractivity contribution in [2.75, 3.05) is 13.1 Å². The van der Waals surface area contributed by atoms with E-state index in [4.69, 9.17) is 0 Å². The van der Waals surface area contributed by atoms with Crippen molar-refractivity contribution in [1.29, 1.82) is 0 Å². The molecule has 1 nitrogen and oxygen atoms in total. The highest BCUT2D eigenvalue weighted by atomic mass is 19.4. The van der Waals surface area contributed by atoms with Crippen LogP contribution in [0, 0.1) is 11.3 Å². The van der Waals surface area contributed by atoms with Crippen molar-refractivity contribution in [1.82, 2.24) is 5.32 Å². The Morgan fingerprint density at radius 2 is 1.60 bits per heavy atom. The number of benzene rings is 1. The highest BCUT2D eigenvalue weighted by Gasteiger charge is 2.30. The van der Waals surface area contributed by atoms with Gasteiger partial charge in [0.05, 0.1) is 5.56 Å². The molecule has 1 atom stereocenters. The van der Waals surface area contributed by atoms with Gasteiger partial charge in [-0.1, -0.05) is 39.8 Å². The van der Waals surface area contributed by atoms with Crippen molar-refractivity contribution in [3.63, 3.8) is 0 Å². The predicted octanol–water partition coefficient (Wildman–Crippen LogP) is 4.52. The van der Waals surface area contributed by atoms with E-state index in [-0.39, 0.29) is 5.41 Å². The Bertz CT molecular complexity index is 401. The maximum atomic E-state index is 12.5.